The molecule has 0 N–H and O–H groups in total. The molecule has 1 saturated carbocycles. The van der Waals surface area contributed by atoms with Gasteiger partial charge in [-0.05, 0) is 19.3 Å². The third kappa shape index (κ3) is 6.21. The van der Waals surface area contributed by atoms with Gasteiger partial charge in [0.05, 0.1) is 5.75 Å². The summed E-state index contributed by atoms with van der Waals surface area (Å²) in [6.07, 6.45) is 7.66. The Hall–Kier alpha value is -0.0200. The molecule has 0 saturated heterocycles. The first-order valence-electron chi connectivity index (χ1n) is 6.04. The molecule has 0 unspecified atom stereocenters. The summed E-state index contributed by atoms with van der Waals surface area (Å²) >= 11 is 1.83. The maximum atomic E-state index is 11.4. The Labute approximate surface area is 97.1 Å². The lowest BCUT2D eigenvalue weighted by molar-refractivity contribution is -0.121. The molecule has 0 aromatic heterocycles. The van der Waals surface area contributed by atoms with E-state index in [0.29, 0.717) is 19.0 Å². The maximum absolute atomic E-state index is 11.4. The average molecular weight is 230 g/mol. The van der Waals surface area contributed by atoms with Crippen LogP contribution in [0.2, 0.25) is 0 Å². The van der Waals surface area contributed by atoms with Crippen LogP contribution in [-0.2, 0) is 9.53 Å². The van der Waals surface area contributed by atoms with E-state index in [1.807, 2.05) is 11.8 Å². The zero-order valence-corrected chi connectivity index (χ0v) is 10.5. The average Bonchev–Trinajstić information content (AvgIpc) is 2.28. The van der Waals surface area contributed by atoms with E-state index in [1.54, 1.807) is 0 Å². The van der Waals surface area contributed by atoms with Gasteiger partial charge in [-0.3, -0.25) is 4.79 Å². The largest absolute Gasteiger partial charge is 0.374 e. The van der Waals surface area contributed by atoms with E-state index in [1.165, 1.54) is 32.1 Å². The predicted molar refractivity (Wildman–Crippen MR) is 65.4 cm³/mol. The Morgan fingerprint density at radius 3 is 2.73 bits per heavy atom. The van der Waals surface area contributed by atoms with Gasteiger partial charge in [0.2, 0.25) is 0 Å². The summed E-state index contributed by atoms with van der Waals surface area (Å²) in [7, 11) is 0. The molecule has 3 heteroatoms. The highest BCUT2D eigenvalue weighted by atomic mass is 32.2. The van der Waals surface area contributed by atoms with Crippen LogP contribution in [0.15, 0.2) is 0 Å². The lowest BCUT2D eigenvalue weighted by atomic mass is 10.0. The first kappa shape index (κ1) is 13.0. The van der Waals surface area contributed by atoms with Crippen molar-refractivity contribution in [2.45, 2.75) is 50.7 Å². The van der Waals surface area contributed by atoms with Crippen molar-refractivity contribution < 1.29 is 9.53 Å². The highest BCUT2D eigenvalue weighted by Crippen LogP contribution is 2.27. The molecular weight excluding hydrogens is 208 g/mol. The minimum absolute atomic E-state index is 0.249. The Balaban J connectivity index is 2.00. The zero-order chi connectivity index (χ0) is 10.9. The summed E-state index contributed by atoms with van der Waals surface area (Å²) in [5, 5.41) is 0.730. The van der Waals surface area contributed by atoms with Gasteiger partial charge in [-0.25, -0.2) is 0 Å². The fourth-order valence-corrected chi connectivity index (χ4v) is 2.99. The summed E-state index contributed by atoms with van der Waals surface area (Å²) in [5.74, 6) is 0.896. The number of hydrogen-bond donors (Lipinski definition) is 0. The molecule has 0 atom stereocenters. The van der Waals surface area contributed by atoms with E-state index < -0.39 is 0 Å². The number of carbonyl (C=O) groups is 1. The monoisotopic (exact) mass is 230 g/mol. The van der Waals surface area contributed by atoms with Crippen LogP contribution in [0.4, 0.5) is 0 Å². The van der Waals surface area contributed by atoms with Gasteiger partial charge < -0.3 is 4.74 Å². The Kier molecular flexibility index (Phi) is 7.11. The summed E-state index contributed by atoms with van der Waals surface area (Å²) < 4.78 is 5.22. The van der Waals surface area contributed by atoms with E-state index in [9.17, 15) is 4.79 Å². The number of ketones is 1. The minimum Gasteiger partial charge on any atom is -0.374 e. The molecular formula is C12H22O2S. The van der Waals surface area contributed by atoms with Crippen LogP contribution < -0.4 is 0 Å². The normalized spacial score (nSPS) is 17.9. The molecule has 88 valence electrons. The van der Waals surface area contributed by atoms with Crippen LogP contribution in [0.5, 0.6) is 0 Å². The highest BCUT2D eigenvalue weighted by molar-refractivity contribution is 8.00. The van der Waals surface area contributed by atoms with Crippen molar-refractivity contribution in [2.75, 3.05) is 19.0 Å². The van der Waals surface area contributed by atoms with Crippen molar-refractivity contribution in [1.29, 1.82) is 0 Å². The first-order chi connectivity index (χ1) is 7.33. The number of rotatable bonds is 7. The summed E-state index contributed by atoms with van der Waals surface area (Å²) in [6, 6.07) is 0. The molecule has 0 aliphatic heterocycles. The topological polar surface area (TPSA) is 26.3 Å². The molecule has 0 aromatic rings. The van der Waals surface area contributed by atoms with Gasteiger partial charge in [-0.1, -0.05) is 26.2 Å². The standard InChI is InChI=1S/C12H22O2S/c1-2-8-14-9-11(13)10-15-12-6-4-3-5-7-12/h12H,2-10H2,1H3. The van der Waals surface area contributed by atoms with Crippen LogP contribution in [0.1, 0.15) is 45.4 Å². The van der Waals surface area contributed by atoms with Gasteiger partial charge in [0.25, 0.3) is 0 Å². The van der Waals surface area contributed by atoms with Crippen molar-refractivity contribution in [3.05, 3.63) is 0 Å². The third-order valence-electron chi connectivity index (χ3n) is 2.64. The van der Waals surface area contributed by atoms with Crippen molar-refractivity contribution in [3.8, 4) is 0 Å². The molecule has 1 aliphatic carbocycles. The van der Waals surface area contributed by atoms with Gasteiger partial charge in [0.1, 0.15) is 6.61 Å². The fraction of sp³-hybridized carbons (Fsp3) is 0.917. The van der Waals surface area contributed by atoms with Crippen molar-refractivity contribution in [1.82, 2.24) is 0 Å². The van der Waals surface area contributed by atoms with Crippen molar-refractivity contribution in [2.24, 2.45) is 0 Å². The predicted octanol–water partition coefficient (Wildman–Crippen LogP) is 3.05. The lowest BCUT2D eigenvalue weighted by Crippen LogP contribution is -2.15. The SMILES string of the molecule is CCCOCC(=O)CSC1CCCCC1. The number of ether oxygens (including phenoxy) is 1. The molecule has 1 aliphatic rings. The van der Waals surface area contributed by atoms with E-state index in [2.05, 4.69) is 6.92 Å². The van der Waals surface area contributed by atoms with Gasteiger partial charge >= 0.3 is 0 Å². The smallest absolute Gasteiger partial charge is 0.168 e. The van der Waals surface area contributed by atoms with Crippen molar-refractivity contribution in [3.63, 3.8) is 0 Å². The number of hydrogen-bond acceptors (Lipinski definition) is 3. The molecule has 0 spiro atoms. The summed E-state index contributed by atoms with van der Waals surface area (Å²) in [4.78, 5) is 11.4. The lowest BCUT2D eigenvalue weighted by Gasteiger charge is -2.20. The second-order valence-corrected chi connectivity index (χ2v) is 5.45. The minimum atomic E-state index is 0.249. The second-order valence-electron chi connectivity index (χ2n) is 4.16. The van der Waals surface area contributed by atoms with Gasteiger partial charge in [-0.15, -0.1) is 0 Å². The van der Waals surface area contributed by atoms with Crippen molar-refractivity contribution >= 4 is 17.5 Å². The first-order valence-corrected chi connectivity index (χ1v) is 7.09. The molecule has 0 bridgehead atoms. The molecule has 0 amide bonds. The zero-order valence-electron chi connectivity index (χ0n) is 9.67. The molecule has 0 heterocycles. The fourth-order valence-electron chi connectivity index (χ4n) is 1.81. The second kappa shape index (κ2) is 8.17. The Morgan fingerprint density at radius 1 is 1.33 bits per heavy atom. The molecule has 15 heavy (non-hydrogen) atoms. The number of carbonyl (C=O) groups excluding carboxylic acids is 1. The van der Waals surface area contributed by atoms with E-state index in [4.69, 9.17) is 4.74 Å². The summed E-state index contributed by atoms with van der Waals surface area (Å²) in [6.45, 7) is 3.08. The molecule has 0 radical (unpaired) electrons. The third-order valence-corrected chi connectivity index (χ3v) is 4.08. The van der Waals surface area contributed by atoms with Crippen LogP contribution in [0, 0.1) is 0 Å². The molecule has 0 aromatic carbocycles. The molecule has 1 fully saturated rings. The van der Waals surface area contributed by atoms with Gasteiger partial charge in [0.15, 0.2) is 5.78 Å². The van der Waals surface area contributed by atoms with Gasteiger partial charge in [-0.2, -0.15) is 11.8 Å². The van der Waals surface area contributed by atoms with Crippen LogP contribution >= 0.6 is 11.8 Å². The number of Topliss-reactive ketones (excluding diaryl/α,β-unsaturated/α-hetero) is 1. The van der Waals surface area contributed by atoms with E-state index in [0.717, 1.165) is 11.7 Å². The van der Waals surface area contributed by atoms with Gasteiger partial charge in [0, 0.05) is 11.9 Å². The Bertz CT molecular complexity index is 176. The molecule has 2 nitrogen and oxygen atoms in total. The highest BCUT2D eigenvalue weighted by Gasteiger charge is 2.15. The van der Waals surface area contributed by atoms with Crippen LogP contribution in [-0.4, -0.2) is 30.0 Å². The molecule has 1 rings (SSSR count). The van der Waals surface area contributed by atoms with E-state index >= 15 is 0 Å². The van der Waals surface area contributed by atoms with Crippen LogP contribution in [0.25, 0.3) is 0 Å². The summed E-state index contributed by atoms with van der Waals surface area (Å²) in [5.41, 5.74) is 0. The quantitative estimate of drug-likeness (QED) is 0.629. The Morgan fingerprint density at radius 2 is 2.07 bits per heavy atom. The van der Waals surface area contributed by atoms with E-state index in [-0.39, 0.29) is 5.78 Å². The number of thioether (sulfide) groups is 1. The maximum Gasteiger partial charge on any atom is 0.168 e. The van der Waals surface area contributed by atoms with Crippen LogP contribution in [0.3, 0.4) is 0 Å².